The van der Waals surface area contributed by atoms with E-state index in [1.54, 1.807) is 0 Å². The van der Waals surface area contributed by atoms with Gasteiger partial charge < -0.3 is 4.98 Å². The molecule has 4 heteroatoms. The van der Waals surface area contributed by atoms with Gasteiger partial charge in [-0.15, -0.1) is 0 Å². The van der Waals surface area contributed by atoms with Crippen molar-refractivity contribution >= 4 is 11.8 Å². The van der Waals surface area contributed by atoms with Gasteiger partial charge in [-0.1, -0.05) is 23.9 Å². The van der Waals surface area contributed by atoms with Crippen LogP contribution in [0.2, 0.25) is 0 Å². The molecule has 0 atom stereocenters. The molecule has 0 saturated heterocycles. The lowest BCUT2D eigenvalue weighted by molar-refractivity contribution is 0.872. The Hall–Kier alpha value is -1.03. The molecule has 0 aliphatic heterocycles. The Morgan fingerprint density at radius 2 is 2.29 bits per heavy atom. The number of thioether (sulfide) groups is 1. The molecule has 1 aromatic rings. The van der Waals surface area contributed by atoms with Gasteiger partial charge in [0.1, 0.15) is 0 Å². The van der Waals surface area contributed by atoms with Crippen LogP contribution >= 0.6 is 11.8 Å². The highest BCUT2D eigenvalue weighted by Gasteiger charge is 2.05. The van der Waals surface area contributed by atoms with Crippen molar-refractivity contribution < 1.29 is 0 Å². The summed E-state index contributed by atoms with van der Waals surface area (Å²) < 4.78 is 0. The molecular formula is C10H14N2OS. The van der Waals surface area contributed by atoms with Crippen molar-refractivity contribution in [3.8, 4) is 0 Å². The quantitative estimate of drug-likeness (QED) is 0.471. The highest BCUT2D eigenvalue weighted by Crippen LogP contribution is 2.08. The van der Waals surface area contributed by atoms with Crippen molar-refractivity contribution in [2.24, 2.45) is 0 Å². The molecule has 76 valence electrons. The van der Waals surface area contributed by atoms with Gasteiger partial charge in [-0.2, -0.15) is 0 Å². The van der Waals surface area contributed by atoms with Crippen molar-refractivity contribution in [3.63, 3.8) is 0 Å². The van der Waals surface area contributed by atoms with E-state index in [9.17, 15) is 4.79 Å². The average Bonchev–Trinajstić information content (AvgIpc) is 2.16. The second-order valence-electron chi connectivity index (χ2n) is 2.91. The average molecular weight is 210 g/mol. The van der Waals surface area contributed by atoms with Crippen LogP contribution < -0.4 is 5.56 Å². The molecule has 0 bridgehead atoms. The molecule has 0 fully saturated rings. The van der Waals surface area contributed by atoms with Crippen LogP contribution in [0.15, 0.2) is 22.1 Å². The van der Waals surface area contributed by atoms with Crippen molar-refractivity contribution in [1.29, 1.82) is 0 Å². The minimum Gasteiger partial charge on any atom is -0.301 e. The molecule has 0 radical (unpaired) electrons. The van der Waals surface area contributed by atoms with Gasteiger partial charge in [0.2, 0.25) is 0 Å². The minimum absolute atomic E-state index is 0.0278. The number of nitrogens with one attached hydrogen (secondary N) is 1. The smallest absolute Gasteiger partial charge is 0.255 e. The molecule has 0 spiro atoms. The Kier molecular flexibility index (Phi) is 3.95. The molecule has 0 aromatic carbocycles. The summed E-state index contributed by atoms with van der Waals surface area (Å²) in [4.78, 5) is 18.6. The van der Waals surface area contributed by atoms with Crippen LogP contribution in [0.25, 0.3) is 0 Å². The molecule has 1 N–H and O–H groups in total. The summed E-state index contributed by atoms with van der Waals surface area (Å²) in [7, 11) is 0. The van der Waals surface area contributed by atoms with Crippen molar-refractivity contribution in [1.82, 2.24) is 9.97 Å². The van der Waals surface area contributed by atoms with Crippen LogP contribution in [0.3, 0.4) is 0 Å². The number of aryl methyl sites for hydroxylation is 1. The highest BCUT2D eigenvalue weighted by atomic mass is 32.2. The zero-order valence-electron chi connectivity index (χ0n) is 8.63. The molecule has 0 amide bonds. The van der Waals surface area contributed by atoms with E-state index in [1.165, 1.54) is 11.8 Å². The van der Waals surface area contributed by atoms with Crippen LogP contribution in [0, 0.1) is 6.92 Å². The summed E-state index contributed by atoms with van der Waals surface area (Å²) in [6.45, 7) is 3.81. The van der Waals surface area contributed by atoms with Crippen molar-refractivity contribution in [3.05, 3.63) is 33.8 Å². The largest absolute Gasteiger partial charge is 0.301 e. The third-order valence-electron chi connectivity index (χ3n) is 1.95. The lowest BCUT2D eigenvalue weighted by Gasteiger charge is -2.02. The maximum absolute atomic E-state index is 11.6. The van der Waals surface area contributed by atoms with Crippen molar-refractivity contribution in [2.75, 3.05) is 6.26 Å². The third kappa shape index (κ3) is 2.48. The Bertz CT molecular complexity index is 396. The number of hydrogen-bond donors (Lipinski definition) is 1. The zero-order valence-corrected chi connectivity index (χ0v) is 9.44. The third-order valence-corrected chi connectivity index (χ3v) is 2.53. The Morgan fingerprint density at radius 3 is 2.79 bits per heavy atom. The van der Waals surface area contributed by atoms with E-state index in [4.69, 9.17) is 0 Å². The van der Waals surface area contributed by atoms with Gasteiger partial charge in [-0.25, -0.2) is 4.98 Å². The molecule has 3 nitrogen and oxygen atoms in total. The second kappa shape index (κ2) is 5.00. The number of aromatic amines is 1. The van der Waals surface area contributed by atoms with Gasteiger partial charge >= 0.3 is 0 Å². The summed E-state index contributed by atoms with van der Waals surface area (Å²) in [6.07, 6.45) is 6.43. The van der Waals surface area contributed by atoms with Crippen LogP contribution in [0.1, 0.15) is 18.2 Å². The van der Waals surface area contributed by atoms with Gasteiger partial charge in [0, 0.05) is 11.3 Å². The number of aromatic nitrogens is 2. The van der Waals surface area contributed by atoms with Gasteiger partial charge in [0.05, 0.1) is 0 Å². The first-order chi connectivity index (χ1) is 6.69. The summed E-state index contributed by atoms with van der Waals surface area (Å²) in [5.74, 6) is 0. The number of nitrogens with zero attached hydrogens (tertiary/aromatic N) is 1. The highest BCUT2D eigenvalue weighted by molar-refractivity contribution is 7.98. The Morgan fingerprint density at radius 1 is 1.57 bits per heavy atom. The van der Waals surface area contributed by atoms with E-state index in [1.807, 2.05) is 32.3 Å². The van der Waals surface area contributed by atoms with Crippen LogP contribution in [0.4, 0.5) is 0 Å². The molecule has 0 aliphatic rings. The monoisotopic (exact) mass is 210 g/mol. The van der Waals surface area contributed by atoms with E-state index < -0.39 is 0 Å². The lowest BCUT2D eigenvalue weighted by Crippen LogP contribution is -2.16. The zero-order chi connectivity index (χ0) is 10.6. The molecule has 0 aliphatic carbocycles. The van der Waals surface area contributed by atoms with Crippen LogP contribution in [-0.2, 0) is 6.42 Å². The second-order valence-corrected chi connectivity index (χ2v) is 3.71. The van der Waals surface area contributed by atoms with E-state index in [-0.39, 0.29) is 5.56 Å². The Balaban J connectivity index is 3.12. The summed E-state index contributed by atoms with van der Waals surface area (Å²) >= 11 is 1.44. The lowest BCUT2D eigenvalue weighted by atomic mass is 10.1. The first-order valence-corrected chi connectivity index (χ1v) is 5.66. The maximum Gasteiger partial charge on any atom is 0.255 e. The van der Waals surface area contributed by atoms with E-state index >= 15 is 0 Å². The van der Waals surface area contributed by atoms with E-state index in [0.717, 1.165) is 11.3 Å². The fraction of sp³-hybridized carbons (Fsp3) is 0.400. The first-order valence-electron chi connectivity index (χ1n) is 4.44. The van der Waals surface area contributed by atoms with Gasteiger partial charge in [-0.3, -0.25) is 4.79 Å². The number of hydrogen-bond acceptors (Lipinski definition) is 3. The minimum atomic E-state index is -0.0278. The molecule has 1 rings (SSSR count). The number of H-pyrrole nitrogens is 1. The molecule has 0 saturated carbocycles. The maximum atomic E-state index is 11.6. The van der Waals surface area contributed by atoms with Gasteiger partial charge in [-0.05, 0) is 26.5 Å². The molecule has 14 heavy (non-hydrogen) atoms. The summed E-state index contributed by atoms with van der Waals surface area (Å²) in [5.41, 5.74) is 1.54. The topological polar surface area (TPSA) is 45.8 Å². The first kappa shape index (κ1) is 11.0. The molecular weight excluding hydrogens is 196 g/mol. The van der Waals surface area contributed by atoms with Crippen LogP contribution in [-0.4, -0.2) is 16.2 Å². The Labute approximate surface area is 87.7 Å². The standard InChI is InChI=1S/C10H14N2OS/c1-4-5-6-8-7(2)11-10(14-3)12-9(8)13/h4-5H,6H2,1-3H3,(H,11,12,13). The SMILES string of the molecule is CC=CCc1c(C)nc(SC)[nH]c1=O. The number of rotatable bonds is 3. The predicted molar refractivity (Wildman–Crippen MR) is 59.9 cm³/mol. The van der Waals surface area contributed by atoms with Gasteiger partial charge in [0.25, 0.3) is 5.56 Å². The normalized spacial score (nSPS) is 11.1. The van der Waals surface area contributed by atoms with Crippen molar-refractivity contribution in [2.45, 2.75) is 25.4 Å². The molecule has 1 heterocycles. The van der Waals surface area contributed by atoms with Gasteiger partial charge in [0.15, 0.2) is 5.16 Å². The molecule has 0 unspecified atom stereocenters. The molecule has 1 aromatic heterocycles. The van der Waals surface area contributed by atoms with E-state index in [2.05, 4.69) is 9.97 Å². The number of allylic oxidation sites excluding steroid dienone is 2. The fourth-order valence-corrected chi connectivity index (χ4v) is 1.58. The van der Waals surface area contributed by atoms with Crippen LogP contribution in [0.5, 0.6) is 0 Å². The van der Waals surface area contributed by atoms with E-state index in [0.29, 0.717) is 11.6 Å². The summed E-state index contributed by atoms with van der Waals surface area (Å²) in [5, 5.41) is 0.678. The fourth-order valence-electron chi connectivity index (χ4n) is 1.16. The summed E-state index contributed by atoms with van der Waals surface area (Å²) in [6, 6.07) is 0. The predicted octanol–water partition coefficient (Wildman–Crippen LogP) is 1.92.